The molecule has 1 aromatic rings. The molecule has 0 atom stereocenters. The van der Waals surface area contributed by atoms with Gasteiger partial charge in [0.15, 0.2) is 0 Å². The zero-order valence-electron chi connectivity index (χ0n) is 10.0. The van der Waals surface area contributed by atoms with Gasteiger partial charge >= 0.3 is 0 Å². The SMILES string of the molecule is CC1(C)CCCN(c2ccc(CBr)cn2)C1. The minimum Gasteiger partial charge on any atom is -0.356 e. The summed E-state index contributed by atoms with van der Waals surface area (Å²) in [4.78, 5) is 6.94. The Hall–Kier alpha value is -0.570. The van der Waals surface area contributed by atoms with Crippen molar-refractivity contribution in [2.75, 3.05) is 18.0 Å². The van der Waals surface area contributed by atoms with E-state index < -0.39 is 0 Å². The Morgan fingerprint density at radius 2 is 2.25 bits per heavy atom. The van der Waals surface area contributed by atoms with Crippen molar-refractivity contribution in [1.29, 1.82) is 0 Å². The standard InChI is InChI=1S/C13H19BrN2/c1-13(2)6-3-7-16(10-13)12-5-4-11(8-14)9-15-12/h4-5,9H,3,6-8,10H2,1-2H3. The largest absolute Gasteiger partial charge is 0.356 e. The second kappa shape index (κ2) is 4.74. The van der Waals surface area contributed by atoms with Crippen molar-refractivity contribution in [3.8, 4) is 0 Å². The van der Waals surface area contributed by atoms with Crippen LogP contribution in [-0.2, 0) is 5.33 Å². The van der Waals surface area contributed by atoms with E-state index in [4.69, 9.17) is 0 Å². The Labute approximate surface area is 106 Å². The van der Waals surface area contributed by atoms with E-state index in [1.807, 2.05) is 6.20 Å². The van der Waals surface area contributed by atoms with E-state index in [0.29, 0.717) is 5.41 Å². The second-order valence-corrected chi connectivity index (χ2v) is 5.91. The fraction of sp³-hybridized carbons (Fsp3) is 0.615. The number of piperidine rings is 1. The van der Waals surface area contributed by atoms with Crippen molar-refractivity contribution in [1.82, 2.24) is 4.98 Å². The average molecular weight is 283 g/mol. The van der Waals surface area contributed by atoms with Crippen LogP contribution in [0.25, 0.3) is 0 Å². The molecular weight excluding hydrogens is 264 g/mol. The summed E-state index contributed by atoms with van der Waals surface area (Å²) in [6, 6.07) is 4.29. The summed E-state index contributed by atoms with van der Waals surface area (Å²) in [7, 11) is 0. The number of pyridine rings is 1. The molecule has 0 bridgehead atoms. The normalized spacial score (nSPS) is 19.8. The predicted octanol–water partition coefficient (Wildman–Crippen LogP) is 3.60. The van der Waals surface area contributed by atoms with Crippen LogP contribution in [0.4, 0.5) is 5.82 Å². The Kier molecular flexibility index (Phi) is 3.53. The second-order valence-electron chi connectivity index (χ2n) is 5.35. The number of aromatic nitrogens is 1. The van der Waals surface area contributed by atoms with Gasteiger partial charge in [-0.2, -0.15) is 0 Å². The molecule has 0 spiro atoms. The van der Waals surface area contributed by atoms with Gasteiger partial charge in [0.2, 0.25) is 0 Å². The molecule has 1 fully saturated rings. The molecule has 0 unspecified atom stereocenters. The van der Waals surface area contributed by atoms with E-state index in [1.54, 1.807) is 0 Å². The number of alkyl halides is 1. The minimum absolute atomic E-state index is 0.425. The molecule has 0 aromatic carbocycles. The van der Waals surface area contributed by atoms with Crippen LogP contribution in [0.3, 0.4) is 0 Å². The summed E-state index contributed by atoms with van der Waals surface area (Å²) in [5.74, 6) is 1.12. The monoisotopic (exact) mass is 282 g/mol. The Morgan fingerprint density at radius 3 is 2.81 bits per heavy atom. The van der Waals surface area contributed by atoms with Crippen LogP contribution < -0.4 is 4.90 Å². The van der Waals surface area contributed by atoms with Gasteiger partial charge in [-0.25, -0.2) is 4.98 Å². The highest BCUT2D eigenvalue weighted by atomic mass is 79.9. The molecule has 2 rings (SSSR count). The molecule has 3 heteroatoms. The lowest BCUT2D eigenvalue weighted by molar-refractivity contribution is 0.292. The van der Waals surface area contributed by atoms with Crippen molar-refractivity contribution in [2.45, 2.75) is 32.0 Å². The molecule has 16 heavy (non-hydrogen) atoms. The quantitative estimate of drug-likeness (QED) is 0.771. The fourth-order valence-corrected chi connectivity index (χ4v) is 2.63. The lowest BCUT2D eigenvalue weighted by Gasteiger charge is -2.38. The molecule has 1 aliphatic heterocycles. The molecule has 0 N–H and O–H groups in total. The van der Waals surface area contributed by atoms with E-state index >= 15 is 0 Å². The molecule has 1 saturated heterocycles. The van der Waals surface area contributed by atoms with Crippen molar-refractivity contribution in [3.63, 3.8) is 0 Å². The van der Waals surface area contributed by atoms with Crippen molar-refractivity contribution in [2.24, 2.45) is 5.41 Å². The molecule has 0 saturated carbocycles. The molecule has 0 amide bonds. The Balaban J connectivity index is 2.11. The maximum Gasteiger partial charge on any atom is 0.128 e. The van der Waals surface area contributed by atoms with Gasteiger partial charge in [-0.3, -0.25) is 0 Å². The van der Waals surface area contributed by atoms with Crippen molar-refractivity contribution >= 4 is 21.7 Å². The van der Waals surface area contributed by atoms with Crippen LogP contribution in [0, 0.1) is 5.41 Å². The van der Waals surface area contributed by atoms with Crippen LogP contribution in [0.1, 0.15) is 32.3 Å². The first kappa shape index (κ1) is 11.9. The first-order chi connectivity index (χ1) is 7.61. The maximum atomic E-state index is 4.53. The van der Waals surface area contributed by atoms with E-state index in [-0.39, 0.29) is 0 Å². The number of hydrogen-bond donors (Lipinski definition) is 0. The Bertz CT molecular complexity index is 345. The predicted molar refractivity (Wildman–Crippen MR) is 72.1 cm³/mol. The number of rotatable bonds is 2. The number of halogens is 1. The van der Waals surface area contributed by atoms with Crippen LogP contribution >= 0.6 is 15.9 Å². The average Bonchev–Trinajstić information content (AvgIpc) is 2.28. The third-order valence-electron chi connectivity index (χ3n) is 3.19. The molecule has 0 aliphatic carbocycles. The summed E-state index contributed by atoms with van der Waals surface area (Å²) < 4.78 is 0. The number of hydrogen-bond acceptors (Lipinski definition) is 2. The van der Waals surface area contributed by atoms with Gasteiger partial charge in [0, 0.05) is 24.6 Å². The van der Waals surface area contributed by atoms with Gasteiger partial charge in [-0.1, -0.05) is 35.8 Å². The third-order valence-corrected chi connectivity index (χ3v) is 3.84. The third kappa shape index (κ3) is 2.76. The zero-order valence-corrected chi connectivity index (χ0v) is 11.6. The van der Waals surface area contributed by atoms with E-state index in [9.17, 15) is 0 Å². The Morgan fingerprint density at radius 1 is 1.44 bits per heavy atom. The molecule has 2 nitrogen and oxygen atoms in total. The number of nitrogens with zero attached hydrogens (tertiary/aromatic N) is 2. The maximum absolute atomic E-state index is 4.53. The lowest BCUT2D eigenvalue weighted by Crippen LogP contribution is -2.40. The highest BCUT2D eigenvalue weighted by Gasteiger charge is 2.26. The summed E-state index contributed by atoms with van der Waals surface area (Å²) in [6.07, 6.45) is 4.56. The minimum atomic E-state index is 0.425. The molecule has 0 radical (unpaired) electrons. The molecular formula is C13H19BrN2. The van der Waals surface area contributed by atoms with Gasteiger partial charge in [-0.05, 0) is 29.9 Å². The van der Waals surface area contributed by atoms with Gasteiger partial charge in [0.25, 0.3) is 0 Å². The van der Waals surface area contributed by atoms with Crippen molar-refractivity contribution < 1.29 is 0 Å². The smallest absolute Gasteiger partial charge is 0.128 e. The summed E-state index contributed by atoms with van der Waals surface area (Å²) in [5.41, 5.74) is 1.66. The van der Waals surface area contributed by atoms with Crippen molar-refractivity contribution in [3.05, 3.63) is 23.9 Å². The van der Waals surface area contributed by atoms with Crippen LogP contribution in [-0.4, -0.2) is 18.1 Å². The van der Waals surface area contributed by atoms with Crippen LogP contribution in [0.5, 0.6) is 0 Å². The van der Waals surface area contributed by atoms with E-state index in [2.05, 4.69) is 51.8 Å². The molecule has 88 valence electrons. The van der Waals surface area contributed by atoms with E-state index in [1.165, 1.54) is 18.4 Å². The van der Waals surface area contributed by atoms with Gasteiger partial charge in [-0.15, -0.1) is 0 Å². The highest BCUT2D eigenvalue weighted by Crippen LogP contribution is 2.30. The summed E-state index contributed by atoms with van der Waals surface area (Å²) in [6.45, 7) is 6.94. The molecule has 1 aromatic heterocycles. The molecule has 2 heterocycles. The van der Waals surface area contributed by atoms with Gasteiger partial charge in [0.1, 0.15) is 5.82 Å². The summed E-state index contributed by atoms with van der Waals surface area (Å²) in [5, 5.41) is 0.881. The zero-order chi connectivity index (χ0) is 11.6. The first-order valence-electron chi connectivity index (χ1n) is 5.87. The summed E-state index contributed by atoms with van der Waals surface area (Å²) >= 11 is 3.44. The topological polar surface area (TPSA) is 16.1 Å². The number of anilines is 1. The van der Waals surface area contributed by atoms with Gasteiger partial charge in [0.05, 0.1) is 0 Å². The van der Waals surface area contributed by atoms with E-state index in [0.717, 1.165) is 24.2 Å². The highest BCUT2D eigenvalue weighted by molar-refractivity contribution is 9.08. The lowest BCUT2D eigenvalue weighted by atomic mass is 9.84. The van der Waals surface area contributed by atoms with Crippen LogP contribution in [0.15, 0.2) is 18.3 Å². The van der Waals surface area contributed by atoms with Gasteiger partial charge < -0.3 is 4.90 Å². The first-order valence-corrected chi connectivity index (χ1v) is 6.99. The van der Waals surface area contributed by atoms with Crippen LogP contribution in [0.2, 0.25) is 0 Å². The molecule has 1 aliphatic rings. The fourth-order valence-electron chi connectivity index (χ4n) is 2.30.